The summed E-state index contributed by atoms with van der Waals surface area (Å²) >= 11 is 0. The predicted octanol–water partition coefficient (Wildman–Crippen LogP) is -0.671. The minimum atomic E-state index is -1.86. The lowest BCUT2D eigenvalue weighted by Crippen LogP contribution is -2.59. The van der Waals surface area contributed by atoms with Gasteiger partial charge in [-0.2, -0.15) is 0 Å². The summed E-state index contributed by atoms with van der Waals surface area (Å²) in [5.41, 5.74) is -4.49. The maximum atomic E-state index is 13.3. The van der Waals surface area contributed by atoms with Crippen molar-refractivity contribution >= 4 is 17.9 Å². The maximum Gasteiger partial charge on any atom is 0.337 e. The fourth-order valence-electron chi connectivity index (χ4n) is 3.50. The summed E-state index contributed by atoms with van der Waals surface area (Å²) in [6, 6.07) is -5.59. The van der Waals surface area contributed by atoms with Gasteiger partial charge < -0.3 is 29.5 Å². The van der Waals surface area contributed by atoms with Crippen LogP contribution in [0.4, 0.5) is 0 Å². The standard InChI is InChI=1S/C21H33N3O12/c1-4-34-10-7-13(16(25)26)22-19(31)23(14(17(27)28)8-11-35-5-2)21(33)24(20(22)32)15(18(29)30)9-12-36-6-3/h13-15H,4-12H2,1-3H3,(H,25,26)(H,27,28)(H,29,30). The first-order valence-corrected chi connectivity index (χ1v) is 11.5. The average molecular weight is 520 g/mol. The van der Waals surface area contributed by atoms with Crippen molar-refractivity contribution in [1.29, 1.82) is 0 Å². The minimum absolute atomic E-state index is 0.183. The van der Waals surface area contributed by atoms with E-state index in [1.165, 1.54) is 0 Å². The molecule has 15 heteroatoms. The third kappa shape index (κ3) is 7.60. The quantitative estimate of drug-likeness (QED) is 0.206. The fourth-order valence-corrected chi connectivity index (χ4v) is 3.50. The van der Waals surface area contributed by atoms with Crippen LogP contribution in [-0.4, -0.2) is 86.6 Å². The highest BCUT2D eigenvalue weighted by Gasteiger charge is 2.35. The second-order valence-corrected chi connectivity index (χ2v) is 7.48. The van der Waals surface area contributed by atoms with Crippen molar-refractivity contribution < 1.29 is 43.9 Å². The lowest BCUT2D eigenvalue weighted by Gasteiger charge is -2.23. The number of carboxylic acids is 3. The Bertz CT molecular complexity index is 910. The number of carbonyl (C=O) groups is 3. The topological polar surface area (TPSA) is 206 Å². The molecule has 1 heterocycles. The van der Waals surface area contributed by atoms with Crippen molar-refractivity contribution in [2.45, 2.75) is 58.2 Å². The lowest BCUT2D eigenvalue weighted by atomic mass is 10.2. The van der Waals surface area contributed by atoms with Gasteiger partial charge in [-0.3, -0.25) is 0 Å². The van der Waals surface area contributed by atoms with E-state index in [4.69, 9.17) is 14.2 Å². The van der Waals surface area contributed by atoms with Crippen LogP contribution < -0.4 is 17.1 Å². The SMILES string of the molecule is CCOCCC(C(=O)O)n1c(=O)n(C(CCOCC)C(=O)O)c(=O)n(C(CCOCC)C(=O)O)c1=O. The van der Waals surface area contributed by atoms with E-state index in [-0.39, 0.29) is 72.6 Å². The van der Waals surface area contributed by atoms with Gasteiger partial charge in [0.15, 0.2) is 0 Å². The van der Waals surface area contributed by atoms with E-state index in [2.05, 4.69) is 0 Å². The van der Waals surface area contributed by atoms with E-state index < -0.39 is 53.1 Å². The van der Waals surface area contributed by atoms with Gasteiger partial charge in [-0.05, 0) is 20.8 Å². The van der Waals surface area contributed by atoms with Crippen LogP contribution in [0.25, 0.3) is 0 Å². The summed E-state index contributed by atoms with van der Waals surface area (Å²) in [6.07, 6.45) is -1.16. The molecule has 3 N–H and O–H groups in total. The summed E-state index contributed by atoms with van der Waals surface area (Å²) < 4.78 is 15.9. The van der Waals surface area contributed by atoms with Crippen LogP contribution in [0.5, 0.6) is 0 Å². The largest absolute Gasteiger partial charge is 0.480 e. The number of aliphatic carboxylic acids is 3. The highest BCUT2D eigenvalue weighted by molar-refractivity contribution is 5.73. The Morgan fingerprint density at radius 3 is 0.972 bits per heavy atom. The second kappa shape index (κ2) is 15.0. The van der Waals surface area contributed by atoms with E-state index in [1.807, 2.05) is 0 Å². The van der Waals surface area contributed by atoms with Crippen molar-refractivity contribution in [3.63, 3.8) is 0 Å². The summed E-state index contributed by atoms with van der Waals surface area (Å²) in [7, 11) is 0. The molecule has 1 rings (SSSR count). The van der Waals surface area contributed by atoms with Gasteiger partial charge >= 0.3 is 35.0 Å². The summed E-state index contributed by atoms with van der Waals surface area (Å²) in [4.78, 5) is 76.0. The molecule has 0 aliphatic rings. The molecule has 0 saturated carbocycles. The van der Waals surface area contributed by atoms with Crippen LogP contribution in [0, 0.1) is 0 Å². The number of hydrogen-bond acceptors (Lipinski definition) is 9. The van der Waals surface area contributed by atoms with Gasteiger partial charge in [0.25, 0.3) is 0 Å². The molecule has 3 unspecified atom stereocenters. The summed E-state index contributed by atoms with van der Waals surface area (Å²) in [5.74, 6) is -4.89. The Kier molecular flexibility index (Phi) is 12.8. The molecule has 0 aromatic carbocycles. The molecule has 3 atom stereocenters. The first-order valence-electron chi connectivity index (χ1n) is 11.5. The van der Waals surface area contributed by atoms with E-state index in [1.54, 1.807) is 20.8 Å². The number of rotatable bonds is 18. The molecule has 0 amide bonds. The molecular weight excluding hydrogens is 486 g/mol. The molecule has 0 bridgehead atoms. The van der Waals surface area contributed by atoms with Crippen LogP contribution in [-0.2, 0) is 28.6 Å². The Balaban J connectivity index is 4.00. The fraction of sp³-hybridized carbons (Fsp3) is 0.714. The lowest BCUT2D eigenvalue weighted by molar-refractivity contribution is -0.142. The molecule has 0 spiro atoms. The van der Waals surface area contributed by atoms with Crippen molar-refractivity contribution in [3.8, 4) is 0 Å². The van der Waals surface area contributed by atoms with Crippen LogP contribution >= 0.6 is 0 Å². The van der Waals surface area contributed by atoms with Gasteiger partial charge in [-0.1, -0.05) is 0 Å². The summed E-state index contributed by atoms with van der Waals surface area (Å²) in [6.45, 7) is 5.00. The first kappa shape index (κ1) is 30.7. The van der Waals surface area contributed by atoms with Gasteiger partial charge in [0.2, 0.25) is 0 Å². The van der Waals surface area contributed by atoms with Crippen molar-refractivity contribution in [3.05, 3.63) is 31.5 Å². The minimum Gasteiger partial charge on any atom is -0.480 e. The smallest absolute Gasteiger partial charge is 0.337 e. The van der Waals surface area contributed by atoms with Crippen LogP contribution in [0.1, 0.15) is 58.2 Å². The zero-order valence-electron chi connectivity index (χ0n) is 20.5. The molecule has 0 aliphatic heterocycles. The number of hydrogen-bond donors (Lipinski definition) is 3. The zero-order valence-corrected chi connectivity index (χ0v) is 20.5. The molecule has 36 heavy (non-hydrogen) atoms. The Morgan fingerprint density at radius 2 is 0.806 bits per heavy atom. The molecule has 15 nitrogen and oxygen atoms in total. The van der Waals surface area contributed by atoms with E-state index in [0.29, 0.717) is 0 Å². The molecule has 204 valence electrons. The molecule has 1 aromatic rings. The number of carboxylic acid groups (broad SMARTS) is 3. The van der Waals surface area contributed by atoms with E-state index in [0.717, 1.165) is 0 Å². The first-order chi connectivity index (χ1) is 17.0. The van der Waals surface area contributed by atoms with Gasteiger partial charge in [0.05, 0.1) is 0 Å². The summed E-state index contributed by atoms with van der Waals surface area (Å²) in [5, 5.41) is 29.2. The highest BCUT2D eigenvalue weighted by atomic mass is 16.5. The predicted molar refractivity (Wildman–Crippen MR) is 123 cm³/mol. The van der Waals surface area contributed by atoms with Crippen LogP contribution in [0.3, 0.4) is 0 Å². The van der Waals surface area contributed by atoms with Crippen molar-refractivity contribution in [2.75, 3.05) is 39.6 Å². The Labute approximate surface area is 205 Å². The third-order valence-corrected chi connectivity index (χ3v) is 5.25. The Morgan fingerprint density at radius 1 is 0.583 bits per heavy atom. The monoisotopic (exact) mass is 519 g/mol. The van der Waals surface area contributed by atoms with Gasteiger partial charge in [0.1, 0.15) is 18.1 Å². The van der Waals surface area contributed by atoms with Crippen molar-refractivity contribution in [1.82, 2.24) is 13.7 Å². The van der Waals surface area contributed by atoms with Gasteiger partial charge in [0, 0.05) is 58.9 Å². The van der Waals surface area contributed by atoms with Gasteiger partial charge in [-0.15, -0.1) is 0 Å². The third-order valence-electron chi connectivity index (χ3n) is 5.25. The molecule has 0 saturated heterocycles. The molecule has 0 aliphatic carbocycles. The average Bonchev–Trinajstić information content (AvgIpc) is 2.80. The number of aromatic nitrogens is 3. The normalized spacial score (nSPS) is 13.8. The maximum absolute atomic E-state index is 13.3. The highest BCUT2D eigenvalue weighted by Crippen LogP contribution is 2.13. The second-order valence-electron chi connectivity index (χ2n) is 7.48. The van der Waals surface area contributed by atoms with Crippen LogP contribution in [0.2, 0.25) is 0 Å². The number of ether oxygens (including phenoxy) is 3. The number of nitrogens with zero attached hydrogens (tertiary/aromatic N) is 3. The Hall–Kier alpha value is -3.30. The zero-order chi connectivity index (χ0) is 27.4. The molecular formula is C21H33N3O12. The van der Waals surface area contributed by atoms with Gasteiger partial charge in [-0.25, -0.2) is 42.5 Å². The molecule has 0 radical (unpaired) electrons. The van der Waals surface area contributed by atoms with E-state index in [9.17, 15) is 44.1 Å². The molecule has 0 fully saturated rings. The van der Waals surface area contributed by atoms with Crippen molar-refractivity contribution in [2.24, 2.45) is 0 Å². The van der Waals surface area contributed by atoms with E-state index >= 15 is 0 Å². The van der Waals surface area contributed by atoms with Crippen LogP contribution in [0.15, 0.2) is 14.4 Å². The molecule has 1 aromatic heterocycles.